The first-order valence-electron chi connectivity index (χ1n) is 5.58. The van der Waals surface area contributed by atoms with E-state index in [4.69, 9.17) is 5.11 Å². The summed E-state index contributed by atoms with van der Waals surface area (Å²) in [6.45, 7) is 6.92. The molecule has 0 aromatic carbocycles. The largest absolute Gasteiger partial charge is 0.391 e. The second kappa shape index (κ2) is 5.69. The highest BCUT2D eigenvalue weighted by molar-refractivity contribution is 4.36. The van der Waals surface area contributed by atoms with Crippen molar-refractivity contribution in [1.29, 1.82) is 0 Å². The summed E-state index contributed by atoms with van der Waals surface area (Å²) in [6.07, 6.45) is 1.24. The molecule has 0 saturated carbocycles. The third kappa shape index (κ3) is 6.35. The summed E-state index contributed by atoms with van der Waals surface area (Å²) in [5, 5.41) is 8.91. The predicted molar refractivity (Wildman–Crippen MR) is 61.1 cm³/mol. The van der Waals surface area contributed by atoms with Crippen LogP contribution in [0.3, 0.4) is 0 Å². The van der Waals surface area contributed by atoms with Gasteiger partial charge in [0.15, 0.2) is 0 Å². The van der Waals surface area contributed by atoms with Gasteiger partial charge in [-0.15, -0.1) is 0 Å². The number of hydrogen-bond acceptors (Lipinski definition) is 1. The molecule has 0 aliphatic heterocycles. The highest BCUT2D eigenvalue weighted by Crippen LogP contribution is 2.03. The van der Waals surface area contributed by atoms with Crippen LogP contribution in [-0.4, -0.2) is 75.0 Å². The first-order valence-corrected chi connectivity index (χ1v) is 5.58. The van der Waals surface area contributed by atoms with E-state index in [0.717, 1.165) is 22.1 Å². The molecule has 3 nitrogen and oxygen atoms in total. The van der Waals surface area contributed by atoms with Crippen LogP contribution in [0.15, 0.2) is 0 Å². The van der Waals surface area contributed by atoms with Gasteiger partial charge in [-0.3, -0.25) is 0 Å². The van der Waals surface area contributed by atoms with Crippen molar-refractivity contribution >= 4 is 0 Å². The molecule has 3 heteroatoms. The Balaban J connectivity index is 3.90. The summed E-state index contributed by atoms with van der Waals surface area (Å²) in [7, 11) is 8.93. The van der Waals surface area contributed by atoms with E-state index in [1.165, 1.54) is 19.5 Å². The van der Waals surface area contributed by atoms with Gasteiger partial charge < -0.3 is 14.1 Å². The molecule has 0 fully saturated rings. The smallest absolute Gasteiger partial charge is 0.128 e. The van der Waals surface area contributed by atoms with Gasteiger partial charge in [-0.05, 0) is 6.42 Å². The van der Waals surface area contributed by atoms with E-state index >= 15 is 0 Å². The summed E-state index contributed by atoms with van der Waals surface area (Å²) >= 11 is 0. The maximum absolute atomic E-state index is 8.91. The fourth-order valence-electron chi connectivity index (χ4n) is 1.64. The van der Waals surface area contributed by atoms with Gasteiger partial charge >= 0.3 is 0 Å². The minimum absolute atomic E-state index is 0.286. The molecule has 0 spiro atoms. The summed E-state index contributed by atoms with van der Waals surface area (Å²) < 4.78 is 2.01. The average Bonchev–Trinajstić information content (AvgIpc) is 2.01. The molecular formula is C11H28N2O+2. The lowest BCUT2D eigenvalue weighted by molar-refractivity contribution is -0.946. The molecule has 0 aromatic heterocycles. The van der Waals surface area contributed by atoms with E-state index in [2.05, 4.69) is 35.1 Å². The fraction of sp³-hybridized carbons (Fsp3) is 1.00. The third-order valence-electron chi connectivity index (χ3n) is 2.84. The average molecular weight is 204 g/mol. The monoisotopic (exact) mass is 204 g/mol. The topological polar surface area (TPSA) is 20.2 Å². The molecule has 0 rings (SSSR count). The molecule has 0 unspecified atom stereocenters. The number of aliphatic hydroxyl groups excluding tert-OH is 1. The van der Waals surface area contributed by atoms with Crippen molar-refractivity contribution in [2.24, 2.45) is 0 Å². The summed E-state index contributed by atoms with van der Waals surface area (Å²) in [5.41, 5.74) is 0. The van der Waals surface area contributed by atoms with E-state index in [1.54, 1.807) is 0 Å². The van der Waals surface area contributed by atoms with E-state index in [-0.39, 0.29) is 6.61 Å². The first kappa shape index (κ1) is 13.9. The van der Waals surface area contributed by atoms with Crippen LogP contribution < -0.4 is 0 Å². The van der Waals surface area contributed by atoms with Crippen molar-refractivity contribution in [3.05, 3.63) is 0 Å². The van der Waals surface area contributed by atoms with Gasteiger partial charge in [0.1, 0.15) is 19.6 Å². The molecular weight excluding hydrogens is 176 g/mol. The minimum Gasteiger partial charge on any atom is -0.391 e. The lowest BCUT2D eigenvalue weighted by Crippen LogP contribution is -2.51. The molecule has 0 bridgehead atoms. The van der Waals surface area contributed by atoms with E-state index in [1.807, 2.05) is 0 Å². The lowest BCUT2D eigenvalue weighted by atomic mass is 10.3. The number of nitrogens with zero attached hydrogens (tertiary/aromatic N) is 2. The van der Waals surface area contributed by atoms with Gasteiger partial charge in [0.05, 0.1) is 41.3 Å². The second-order valence-electron chi connectivity index (χ2n) is 5.49. The van der Waals surface area contributed by atoms with Gasteiger partial charge in [0.2, 0.25) is 0 Å². The summed E-state index contributed by atoms with van der Waals surface area (Å²) in [4.78, 5) is 0. The molecule has 86 valence electrons. The van der Waals surface area contributed by atoms with Crippen molar-refractivity contribution in [2.45, 2.75) is 13.3 Å². The normalized spacial score (nSPS) is 13.3. The maximum Gasteiger partial charge on any atom is 0.128 e. The minimum atomic E-state index is 0.286. The SMILES string of the molecule is CCC[N+](C)(C)CC[N+](C)(C)CCO. The Bertz CT molecular complexity index is 137. The number of hydrogen-bond donors (Lipinski definition) is 1. The third-order valence-corrected chi connectivity index (χ3v) is 2.84. The fourth-order valence-corrected chi connectivity index (χ4v) is 1.64. The number of quaternary nitrogens is 2. The van der Waals surface area contributed by atoms with Gasteiger partial charge in [-0.1, -0.05) is 6.92 Å². The van der Waals surface area contributed by atoms with Crippen LogP contribution in [0.4, 0.5) is 0 Å². The van der Waals surface area contributed by atoms with Crippen LogP contribution in [0.1, 0.15) is 13.3 Å². The van der Waals surface area contributed by atoms with E-state index in [9.17, 15) is 0 Å². The molecule has 1 N–H and O–H groups in total. The molecule has 0 aliphatic rings. The van der Waals surface area contributed by atoms with Gasteiger partial charge in [-0.25, -0.2) is 0 Å². The van der Waals surface area contributed by atoms with E-state index < -0.39 is 0 Å². The predicted octanol–water partition coefficient (Wildman–Crippen LogP) is 0.542. The van der Waals surface area contributed by atoms with Crippen LogP contribution in [0.25, 0.3) is 0 Å². The maximum atomic E-state index is 8.91. The number of rotatable bonds is 7. The molecule has 0 saturated heterocycles. The van der Waals surface area contributed by atoms with Crippen LogP contribution in [0.5, 0.6) is 0 Å². The molecule has 0 amide bonds. The first-order chi connectivity index (χ1) is 6.33. The number of aliphatic hydroxyl groups is 1. The Labute approximate surface area is 89.1 Å². The zero-order valence-electron chi connectivity index (χ0n) is 10.6. The quantitative estimate of drug-likeness (QED) is 0.600. The van der Waals surface area contributed by atoms with Gasteiger partial charge in [-0.2, -0.15) is 0 Å². The molecule has 14 heavy (non-hydrogen) atoms. The van der Waals surface area contributed by atoms with Gasteiger partial charge in [0, 0.05) is 0 Å². The lowest BCUT2D eigenvalue weighted by Gasteiger charge is -2.35. The Morgan fingerprint density at radius 1 is 0.786 bits per heavy atom. The standard InChI is InChI=1S/C11H28N2O/c1-6-7-12(2,3)8-9-13(4,5)10-11-14/h14H,6-11H2,1-5H3/q+2. The highest BCUT2D eigenvalue weighted by atomic mass is 16.3. The Hall–Kier alpha value is -0.120. The van der Waals surface area contributed by atoms with Crippen molar-refractivity contribution in [2.75, 3.05) is 61.0 Å². The number of likely N-dealkylation sites (N-methyl/N-ethyl adjacent to an activating group) is 2. The zero-order valence-corrected chi connectivity index (χ0v) is 10.6. The molecule has 0 radical (unpaired) electrons. The molecule has 0 aromatic rings. The van der Waals surface area contributed by atoms with Gasteiger partial charge in [0.25, 0.3) is 0 Å². The zero-order chi connectivity index (χ0) is 11.2. The van der Waals surface area contributed by atoms with Crippen molar-refractivity contribution in [3.8, 4) is 0 Å². The van der Waals surface area contributed by atoms with Crippen LogP contribution in [0, 0.1) is 0 Å². The molecule has 0 heterocycles. The Kier molecular flexibility index (Phi) is 5.64. The van der Waals surface area contributed by atoms with E-state index in [0.29, 0.717) is 0 Å². The molecule has 0 atom stereocenters. The summed E-state index contributed by atoms with van der Waals surface area (Å²) in [5.74, 6) is 0. The van der Waals surface area contributed by atoms with Crippen molar-refractivity contribution in [1.82, 2.24) is 0 Å². The van der Waals surface area contributed by atoms with Crippen molar-refractivity contribution in [3.63, 3.8) is 0 Å². The van der Waals surface area contributed by atoms with Crippen molar-refractivity contribution < 1.29 is 14.1 Å². The molecule has 0 aliphatic carbocycles. The van der Waals surface area contributed by atoms with Crippen LogP contribution >= 0.6 is 0 Å². The van der Waals surface area contributed by atoms with Crippen LogP contribution in [0.2, 0.25) is 0 Å². The second-order valence-corrected chi connectivity index (χ2v) is 5.49. The Morgan fingerprint density at radius 3 is 1.57 bits per heavy atom. The van der Waals surface area contributed by atoms with Crippen LogP contribution in [-0.2, 0) is 0 Å². The summed E-state index contributed by atoms with van der Waals surface area (Å²) in [6, 6.07) is 0. The highest BCUT2D eigenvalue weighted by Gasteiger charge is 2.21. The Morgan fingerprint density at radius 2 is 1.21 bits per heavy atom.